The summed E-state index contributed by atoms with van der Waals surface area (Å²) in [6.07, 6.45) is 7.65. The number of nitrogens with zero attached hydrogens (tertiary/aromatic N) is 1. The molecule has 0 radical (unpaired) electrons. The number of carbonyl (C=O) groups is 2. The molecular weight excluding hydrogens is 316 g/mol. The molecule has 5 heteroatoms. The van der Waals surface area contributed by atoms with E-state index in [2.05, 4.69) is 11.2 Å². The van der Waals surface area contributed by atoms with E-state index in [0.717, 1.165) is 16.3 Å². The Kier molecular flexibility index (Phi) is 4.71. The summed E-state index contributed by atoms with van der Waals surface area (Å²) in [5.74, 6) is 2.68. The number of hydrogen-bond acceptors (Lipinski definition) is 3. The number of ether oxygens (including phenoxy) is 1. The van der Waals surface area contributed by atoms with E-state index >= 15 is 0 Å². The zero-order chi connectivity index (χ0) is 17.8. The third kappa shape index (κ3) is 3.20. The van der Waals surface area contributed by atoms with Gasteiger partial charge in [0.25, 0.3) is 5.91 Å². The molecule has 0 aromatic heterocycles. The Morgan fingerprint density at radius 3 is 2.80 bits per heavy atom. The number of nitrogens with one attached hydrogen (secondary N) is 1. The van der Waals surface area contributed by atoms with E-state index in [-0.39, 0.29) is 18.2 Å². The van der Waals surface area contributed by atoms with E-state index in [9.17, 15) is 9.59 Å². The molecule has 0 saturated carbocycles. The highest BCUT2D eigenvalue weighted by Gasteiger charge is 2.33. The van der Waals surface area contributed by atoms with Gasteiger partial charge in [-0.3, -0.25) is 9.69 Å². The van der Waals surface area contributed by atoms with Crippen LogP contribution in [0.5, 0.6) is 5.75 Å². The molecule has 1 N–H and O–H groups in total. The second-order valence-electron chi connectivity index (χ2n) is 5.64. The van der Waals surface area contributed by atoms with Crippen molar-refractivity contribution in [2.75, 3.05) is 13.2 Å². The van der Waals surface area contributed by atoms with Crippen molar-refractivity contribution in [3.63, 3.8) is 0 Å². The number of urea groups is 1. The predicted octanol–water partition coefficient (Wildman–Crippen LogP) is 3.15. The molecule has 5 nitrogen and oxygen atoms in total. The predicted molar refractivity (Wildman–Crippen MR) is 96.8 cm³/mol. The minimum atomic E-state index is -0.399. The van der Waals surface area contributed by atoms with Crippen LogP contribution in [0.25, 0.3) is 16.8 Å². The number of hydrogen-bond donors (Lipinski definition) is 1. The monoisotopic (exact) mass is 334 g/mol. The van der Waals surface area contributed by atoms with E-state index in [1.807, 2.05) is 43.3 Å². The van der Waals surface area contributed by atoms with Gasteiger partial charge in [-0.2, -0.15) is 0 Å². The van der Waals surface area contributed by atoms with Crippen molar-refractivity contribution in [1.82, 2.24) is 10.2 Å². The van der Waals surface area contributed by atoms with Crippen molar-refractivity contribution in [1.29, 1.82) is 0 Å². The molecular formula is C20H18N2O3. The Morgan fingerprint density at radius 2 is 2.04 bits per heavy atom. The maximum atomic E-state index is 12.5. The van der Waals surface area contributed by atoms with Crippen molar-refractivity contribution in [2.24, 2.45) is 0 Å². The molecule has 1 fully saturated rings. The van der Waals surface area contributed by atoms with Crippen LogP contribution in [0.3, 0.4) is 0 Å². The maximum Gasteiger partial charge on any atom is 0.329 e. The van der Waals surface area contributed by atoms with Crippen molar-refractivity contribution in [3.05, 3.63) is 47.7 Å². The van der Waals surface area contributed by atoms with Crippen LogP contribution < -0.4 is 10.1 Å². The largest absolute Gasteiger partial charge is 0.480 e. The summed E-state index contributed by atoms with van der Waals surface area (Å²) in [4.78, 5) is 25.7. The highest BCUT2D eigenvalue weighted by atomic mass is 16.5. The van der Waals surface area contributed by atoms with Crippen molar-refractivity contribution in [3.8, 4) is 18.1 Å². The van der Waals surface area contributed by atoms with Gasteiger partial charge < -0.3 is 10.1 Å². The first-order valence-corrected chi connectivity index (χ1v) is 8.08. The molecule has 2 aromatic carbocycles. The number of fused-ring (bicyclic) bond motifs is 1. The van der Waals surface area contributed by atoms with Crippen LogP contribution in [0.2, 0.25) is 0 Å². The smallest absolute Gasteiger partial charge is 0.329 e. The Balaban J connectivity index is 2.09. The molecule has 3 amide bonds. The van der Waals surface area contributed by atoms with Crippen LogP contribution in [0, 0.1) is 12.3 Å². The fourth-order valence-corrected chi connectivity index (χ4v) is 2.81. The van der Waals surface area contributed by atoms with Gasteiger partial charge in [0.05, 0.1) is 0 Å². The zero-order valence-corrected chi connectivity index (χ0v) is 13.9. The van der Waals surface area contributed by atoms with E-state index in [1.165, 1.54) is 4.90 Å². The number of amides is 3. The standard InChI is InChI=1S/C20H18N2O3/c1-3-11-22-19(23)17(21-20(22)24)13-16-15-8-6-5-7-14(15)9-10-18(16)25-12-4-2/h2,5-10,13H,3,11-12H2,1H3,(H,21,24). The molecule has 1 aliphatic rings. The SMILES string of the molecule is C#CCOc1ccc2ccccc2c1C=C1NC(=O)N(CCC)C1=O. The lowest BCUT2D eigenvalue weighted by molar-refractivity contribution is -0.122. The zero-order valence-electron chi connectivity index (χ0n) is 13.9. The average Bonchev–Trinajstić information content (AvgIpc) is 2.89. The van der Waals surface area contributed by atoms with Crippen LogP contribution in [-0.2, 0) is 4.79 Å². The Morgan fingerprint density at radius 1 is 1.24 bits per heavy atom. The van der Waals surface area contributed by atoms with Crippen LogP contribution in [-0.4, -0.2) is 30.0 Å². The molecule has 1 aliphatic heterocycles. The summed E-state index contributed by atoms with van der Waals surface area (Å²) < 4.78 is 5.62. The first-order valence-electron chi connectivity index (χ1n) is 8.08. The minimum Gasteiger partial charge on any atom is -0.480 e. The molecule has 1 saturated heterocycles. The van der Waals surface area contributed by atoms with Gasteiger partial charge in [0.1, 0.15) is 18.1 Å². The van der Waals surface area contributed by atoms with Gasteiger partial charge in [-0.05, 0) is 29.3 Å². The van der Waals surface area contributed by atoms with Crippen molar-refractivity contribution in [2.45, 2.75) is 13.3 Å². The highest BCUT2D eigenvalue weighted by molar-refractivity contribution is 6.14. The number of carbonyl (C=O) groups excluding carboxylic acids is 2. The lowest BCUT2D eigenvalue weighted by atomic mass is 10.0. The third-order valence-corrected chi connectivity index (χ3v) is 3.94. The fourth-order valence-electron chi connectivity index (χ4n) is 2.81. The van der Waals surface area contributed by atoms with Gasteiger partial charge >= 0.3 is 6.03 Å². The topological polar surface area (TPSA) is 58.6 Å². The van der Waals surface area contributed by atoms with Crippen molar-refractivity contribution < 1.29 is 14.3 Å². The van der Waals surface area contributed by atoms with Crippen LogP contribution in [0.4, 0.5) is 4.79 Å². The lowest BCUT2D eigenvalue weighted by Gasteiger charge is -2.11. The quantitative estimate of drug-likeness (QED) is 0.519. The van der Waals surface area contributed by atoms with Crippen LogP contribution in [0.1, 0.15) is 18.9 Å². The number of imide groups is 1. The molecule has 0 atom stereocenters. The highest BCUT2D eigenvalue weighted by Crippen LogP contribution is 2.31. The second-order valence-corrected chi connectivity index (χ2v) is 5.64. The number of rotatable bonds is 5. The molecule has 0 bridgehead atoms. The van der Waals surface area contributed by atoms with Crippen LogP contribution in [0.15, 0.2) is 42.1 Å². The van der Waals surface area contributed by atoms with Gasteiger partial charge in [0.15, 0.2) is 0 Å². The van der Waals surface area contributed by atoms with E-state index in [1.54, 1.807) is 6.08 Å². The van der Waals surface area contributed by atoms with Gasteiger partial charge in [-0.15, -0.1) is 6.42 Å². The molecule has 25 heavy (non-hydrogen) atoms. The molecule has 2 aromatic rings. The van der Waals surface area contributed by atoms with E-state index in [4.69, 9.17) is 11.2 Å². The van der Waals surface area contributed by atoms with Gasteiger partial charge in [0, 0.05) is 12.1 Å². The van der Waals surface area contributed by atoms with E-state index in [0.29, 0.717) is 18.7 Å². The molecule has 3 rings (SSSR count). The molecule has 0 aliphatic carbocycles. The lowest BCUT2D eigenvalue weighted by Crippen LogP contribution is -2.31. The Labute approximate surface area is 146 Å². The van der Waals surface area contributed by atoms with E-state index < -0.39 is 6.03 Å². The molecule has 1 heterocycles. The summed E-state index contributed by atoms with van der Waals surface area (Å²) in [5, 5.41) is 4.56. The van der Waals surface area contributed by atoms with Gasteiger partial charge in [-0.25, -0.2) is 4.79 Å². The molecule has 126 valence electrons. The first-order chi connectivity index (χ1) is 12.2. The second kappa shape index (κ2) is 7.10. The number of terminal acetylenes is 1. The van der Waals surface area contributed by atoms with Gasteiger partial charge in [-0.1, -0.05) is 43.2 Å². The maximum absolute atomic E-state index is 12.5. The van der Waals surface area contributed by atoms with Crippen LogP contribution >= 0.6 is 0 Å². The summed E-state index contributed by atoms with van der Waals surface area (Å²) in [7, 11) is 0. The minimum absolute atomic E-state index is 0.122. The van der Waals surface area contributed by atoms with Gasteiger partial charge in [0.2, 0.25) is 0 Å². The summed E-state index contributed by atoms with van der Waals surface area (Å²) >= 11 is 0. The van der Waals surface area contributed by atoms with Crippen molar-refractivity contribution >= 4 is 28.8 Å². The number of benzene rings is 2. The normalized spacial score (nSPS) is 15.5. The third-order valence-electron chi connectivity index (χ3n) is 3.94. The Hall–Kier alpha value is -3.26. The molecule has 0 unspecified atom stereocenters. The Bertz CT molecular complexity index is 909. The summed E-state index contributed by atoms with van der Waals surface area (Å²) in [5.41, 5.74) is 0.954. The molecule has 0 spiro atoms. The summed E-state index contributed by atoms with van der Waals surface area (Å²) in [6.45, 7) is 2.42. The fraction of sp³-hybridized carbons (Fsp3) is 0.200. The first kappa shape index (κ1) is 16.6. The summed E-state index contributed by atoms with van der Waals surface area (Å²) in [6, 6.07) is 11.1. The average molecular weight is 334 g/mol.